The minimum atomic E-state index is -4.07. The van der Waals surface area contributed by atoms with Crippen LogP contribution < -0.4 is 0 Å². The third kappa shape index (κ3) is 20.3. The summed E-state index contributed by atoms with van der Waals surface area (Å²) >= 11 is 0. The molecule has 1 radical (unpaired) electrons. The third-order valence-electron chi connectivity index (χ3n) is 3.21. The molecule has 0 bridgehead atoms. The lowest BCUT2D eigenvalue weighted by atomic mass is 10.1. The van der Waals surface area contributed by atoms with Gasteiger partial charge in [-0.05, 0) is 45.1 Å². The van der Waals surface area contributed by atoms with E-state index < -0.39 is 21.4 Å². The molecule has 0 unspecified atom stereocenters. The Morgan fingerprint density at radius 1 is 0.760 bits per heavy atom. The van der Waals surface area contributed by atoms with Crippen LogP contribution in [0.4, 0.5) is 13.2 Å². The molecule has 0 saturated carbocycles. The van der Waals surface area contributed by atoms with E-state index in [1.54, 1.807) is 0 Å². The van der Waals surface area contributed by atoms with E-state index in [-0.39, 0.29) is 11.0 Å². The molecule has 0 fully saturated rings. The first kappa shape index (κ1) is 29.9. The molecule has 0 aliphatic heterocycles. The SMILES string of the molecule is CCCCCCCC[Si](OCC)(OCC)OCC.[CH2]CC(F)(F)F.[SiH4]. The van der Waals surface area contributed by atoms with Crippen molar-refractivity contribution < 1.29 is 26.4 Å². The Bertz CT molecular complexity index is 251. The third-order valence-corrected chi connectivity index (χ3v) is 6.36. The maximum atomic E-state index is 10.7. The van der Waals surface area contributed by atoms with Crippen LogP contribution >= 0.6 is 0 Å². The normalized spacial score (nSPS) is 11.5. The Balaban J connectivity index is -0.000000592. The molecule has 0 spiro atoms. The van der Waals surface area contributed by atoms with E-state index in [1.807, 2.05) is 20.8 Å². The fraction of sp³-hybridized carbons (Fsp3) is 0.941. The van der Waals surface area contributed by atoms with Crippen molar-refractivity contribution in [3.05, 3.63) is 6.92 Å². The minimum absolute atomic E-state index is 0. The summed E-state index contributed by atoms with van der Waals surface area (Å²) in [5.41, 5.74) is 0. The first-order chi connectivity index (χ1) is 11.3. The standard InChI is InChI=1S/C14H32O3Si.C3H4F3.H4Si/c1-5-9-10-11-12-13-14-18(15-6-2,16-7-3)17-8-4;1-2-3(4,5)6;/h5-14H2,1-4H3;1-2H2;1H4. The molecule has 155 valence electrons. The topological polar surface area (TPSA) is 27.7 Å². The fourth-order valence-electron chi connectivity index (χ4n) is 2.12. The fourth-order valence-corrected chi connectivity index (χ4v) is 4.81. The van der Waals surface area contributed by atoms with Gasteiger partial charge in [-0.3, -0.25) is 0 Å². The summed E-state index contributed by atoms with van der Waals surface area (Å²) in [7, 11) is -2.36. The summed E-state index contributed by atoms with van der Waals surface area (Å²) in [5, 5.41) is 0. The summed E-state index contributed by atoms with van der Waals surface area (Å²) in [4.78, 5) is 0. The van der Waals surface area contributed by atoms with Crippen molar-refractivity contribution in [3.63, 3.8) is 0 Å². The molecule has 0 rings (SSSR count). The highest BCUT2D eigenvalue weighted by Gasteiger charge is 2.39. The lowest BCUT2D eigenvalue weighted by Crippen LogP contribution is -2.45. The van der Waals surface area contributed by atoms with Crippen molar-refractivity contribution in [1.29, 1.82) is 0 Å². The van der Waals surface area contributed by atoms with E-state index >= 15 is 0 Å². The smallest absolute Gasteiger partial charge is 0.374 e. The molecule has 8 heteroatoms. The predicted octanol–water partition coefficient (Wildman–Crippen LogP) is 4.72. The van der Waals surface area contributed by atoms with Crippen LogP contribution in [0.1, 0.15) is 72.6 Å². The monoisotopic (exact) mass is 405 g/mol. The maximum absolute atomic E-state index is 10.7. The van der Waals surface area contributed by atoms with Crippen molar-refractivity contribution in [1.82, 2.24) is 0 Å². The molecule has 0 aromatic rings. The van der Waals surface area contributed by atoms with Gasteiger partial charge in [0.2, 0.25) is 0 Å². The highest BCUT2D eigenvalue weighted by Crippen LogP contribution is 2.20. The molecule has 25 heavy (non-hydrogen) atoms. The lowest BCUT2D eigenvalue weighted by Gasteiger charge is -2.28. The average molecular weight is 406 g/mol. The zero-order chi connectivity index (χ0) is 18.9. The van der Waals surface area contributed by atoms with E-state index in [9.17, 15) is 13.2 Å². The van der Waals surface area contributed by atoms with Gasteiger partial charge in [-0.2, -0.15) is 13.2 Å². The summed E-state index contributed by atoms with van der Waals surface area (Å²) in [6.45, 7) is 13.0. The number of hydrogen-bond acceptors (Lipinski definition) is 3. The largest absolute Gasteiger partial charge is 0.500 e. The number of unbranched alkanes of at least 4 members (excludes halogenated alkanes) is 5. The van der Waals surface area contributed by atoms with E-state index in [2.05, 4.69) is 13.8 Å². The molecular formula is C17H40F3O3Si2. The van der Waals surface area contributed by atoms with Gasteiger partial charge >= 0.3 is 15.0 Å². The molecule has 0 saturated heterocycles. The Hall–Kier alpha value is 0.104. The zero-order valence-corrected chi connectivity index (χ0v) is 16.8. The van der Waals surface area contributed by atoms with Crippen LogP contribution in [0, 0.1) is 6.92 Å². The van der Waals surface area contributed by atoms with E-state index in [1.165, 1.54) is 32.1 Å². The Kier molecular flexibility index (Phi) is 22.5. The van der Waals surface area contributed by atoms with Gasteiger partial charge in [-0.1, -0.05) is 39.0 Å². The number of halogens is 3. The first-order valence-corrected chi connectivity index (χ1v) is 11.0. The molecule has 0 heterocycles. The van der Waals surface area contributed by atoms with Gasteiger partial charge in [0, 0.05) is 32.3 Å². The second-order valence-corrected chi connectivity index (χ2v) is 8.10. The van der Waals surface area contributed by atoms with Crippen molar-refractivity contribution in [2.45, 2.75) is 84.9 Å². The van der Waals surface area contributed by atoms with Crippen LogP contribution in [0.25, 0.3) is 0 Å². The number of hydrogen-bond donors (Lipinski definition) is 0. The summed E-state index contributed by atoms with van der Waals surface area (Å²) in [5.74, 6) is 0. The van der Waals surface area contributed by atoms with Crippen LogP contribution in [-0.2, 0) is 13.3 Å². The maximum Gasteiger partial charge on any atom is 0.500 e. The van der Waals surface area contributed by atoms with Gasteiger partial charge in [-0.15, -0.1) is 0 Å². The van der Waals surface area contributed by atoms with Gasteiger partial charge in [0.05, 0.1) is 0 Å². The Morgan fingerprint density at radius 3 is 1.44 bits per heavy atom. The summed E-state index contributed by atoms with van der Waals surface area (Å²) in [6, 6.07) is 0.967. The molecule has 0 aromatic carbocycles. The zero-order valence-electron chi connectivity index (χ0n) is 15.8. The number of alkyl halides is 3. The van der Waals surface area contributed by atoms with Crippen LogP contribution in [0.15, 0.2) is 0 Å². The van der Waals surface area contributed by atoms with E-state index in [0.29, 0.717) is 19.8 Å². The Morgan fingerprint density at radius 2 is 1.12 bits per heavy atom. The van der Waals surface area contributed by atoms with Gasteiger partial charge < -0.3 is 13.3 Å². The van der Waals surface area contributed by atoms with Crippen molar-refractivity contribution in [2.75, 3.05) is 19.8 Å². The molecule has 0 aliphatic rings. The molecule has 3 nitrogen and oxygen atoms in total. The van der Waals surface area contributed by atoms with Crippen LogP contribution in [0.5, 0.6) is 0 Å². The lowest BCUT2D eigenvalue weighted by molar-refractivity contribution is -0.125. The van der Waals surface area contributed by atoms with Gasteiger partial charge in [0.1, 0.15) is 0 Å². The van der Waals surface area contributed by atoms with Crippen molar-refractivity contribution in [3.8, 4) is 0 Å². The van der Waals surface area contributed by atoms with Gasteiger partial charge in [0.25, 0.3) is 0 Å². The van der Waals surface area contributed by atoms with Crippen molar-refractivity contribution in [2.24, 2.45) is 0 Å². The average Bonchev–Trinajstić information content (AvgIpc) is 2.51. The van der Waals surface area contributed by atoms with Crippen LogP contribution in [-0.4, -0.2) is 45.8 Å². The second kappa shape index (κ2) is 18.9. The van der Waals surface area contributed by atoms with Crippen molar-refractivity contribution >= 4 is 19.8 Å². The molecule has 0 amide bonds. The quantitative estimate of drug-likeness (QED) is 0.328. The highest BCUT2D eigenvalue weighted by molar-refractivity contribution is 6.60. The summed E-state index contributed by atoms with van der Waals surface area (Å²) in [6.07, 6.45) is 2.71. The highest BCUT2D eigenvalue weighted by atomic mass is 28.4. The first-order valence-electron chi connectivity index (χ1n) is 9.08. The molecule has 0 aromatic heterocycles. The van der Waals surface area contributed by atoms with Gasteiger partial charge in [0.15, 0.2) is 0 Å². The summed E-state index contributed by atoms with van der Waals surface area (Å²) < 4.78 is 49.7. The van der Waals surface area contributed by atoms with Crippen LogP contribution in [0.2, 0.25) is 6.04 Å². The number of rotatable bonds is 13. The second-order valence-electron chi connectivity index (χ2n) is 5.36. The van der Waals surface area contributed by atoms with E-state index in [4.69, 9.17) is 13.3 Å². The van der Waals surface area contributed by atoms with Gasteiger partial charge in [-0.25, -0.2) is 0 Å². The molecule has 0 atom stereocenters. The Labute approximate surface area is 158 Å². The molecular weight excluding hydrogens is 365 g/mol. The predicted molar refractivity (Wildman–Crippen MR) is 106 cm³/mol. The molecule has 0 N–H and O–H groups in total. The minimum Gasteiger partial charge on any atom is -0.374 e. The molecule has 0 aliphatic carbocycles. The van der Waals surface area contributed by atoms with E-state index in [0.717, 1.165) is 12.5 Å². The van der Waals surface area contributed by atoms with Crippen LogP contribution in [0.3, 0.4) is 0 Å².